The average Bonchev–Trinajstić information content (AvgIpc) is 2.84. The van der Waals surface area contributed by atoms with Crippen molar-refractivity contribution in [3.63, 3.8) is 0 Å². The average molecular weight is 247 g/mol. The van der Waals surface area contributed by atoms with Crippen molar-refractivity contribution in [1.29, 1.82) is 0 Å². The van der Waals surface area contributed by atoms with Crippen LogP contribution in [0.2, 0.25) is 0 Å². The Morgan fingerprint density at radius 1 is 1.39 bits per heavy atom. The zero-order valence-electron chi connectivity index (χ0n) is 10.6. The molecule has 2 rings (SSSR count). The number of benzene rings is 1. The summed E-state index contributed by atoms with van der Waals surface area (Å²) in [6.07, 6.45) is 0.726. The summed E-state index contributed by atoms with van der Waals surface area (Å²) in [5.41, 5.74) is 6.85. The highest BCUT2D eigenvalue weighted by Crippen LogP contribution is 2.23. The van der Waals surface area contributed by atoms with Crippen LogP contribution in [0.25, 0.3) is 0 Å². The minimum Gasteiger partial charge on any atom is -0.485 e. The number of rotatable bonds is 5. The third-order valence-corrected chi connectivity index (χ3v) is 2.58. The number of aromatic nitrogens is 2. The lowest BCUT2D eigenvalue weighted by Crippen LogP contribution is -2.08. The van der Waals surface area contributed by atoms with E-state index in [0.717, 1.165) is 17.7 Å². The van der Waals surface area contributed by atoms with Crippen LogP contribution in [0.3, 0.4) is 0 Å². The number of para-hydroxylation sites is 1. The van der Waals surface area contributed by atoms with E-state index in [2.05, 4.69) is 10.1 Å². The van der Waals surface area contributed by atoms with Gasteiger partial charge in [-0.25, -0.2) is 0 Å². The Labute approximate surface area is 106 Å². The van der Waals surface area contributed by atoms with Gasteiger partial charge in [0.2, 0.25) is 11.7 Å². The number of nitrogens with zero attached hydrogens (tertiary/aromatic N) is 2. The largest absolute Gasteiger partial charge is 0.485 e. The van der Waals surface area contributed by atoms with Gasteiger partial charge in [-0.2, -0.15) is 4.98 Å². The van der Waals surface area contributed by atoms with Gasteiger partial charge in [-0.15, -0.1) is 0 Å². The summed E-state index contributed by atoms with van der Waals surface area (Å²) in [6, 6.07) is 7.62. The van der Waals surface area contributed by atoms with Gasteiger partial charge < -0.3 is 15.0 Å². The molecule has 1 heterocycles. The van der Waals surface area contributed by atoms with E-state index in [1.807, 2.05) is 38.1 Å². The molecule has 2 N–H and O–H groups in total. The Balaban J connectivity index is 2.05. The molecule has 0 bridgehead atoms. The fraction of sp³-hybridized carbons (Fsp3) is 0.385. The predicted octanol–water partition coefficient (Wildman–Crippen LogP) is 2.23. The fourth-order valence-electron chi connectivity index (χ4n) is 1.62. The highest BCUT2D eigenvalue weighted by Gasteiger charge is 2.09. The first kappa shape index (κ1) is 12.6. The Morgan fingerprint density at radius 3 is 2.83 bits per heavy atom. The molecule has 0 radical (unpaired) electrons. The van der Waals surface area contributed by atoms with Gasteiger partial charge in [-0.05, 0) is 13.0 Å². The zero-order chi connectivity index (χ0) is 13.0. The molecule has 0 aliphatic rings. The van der Waals surface area contributed by atoms with Gasteiger partial charge >= 0.3 is 0 Å². The summed E-state index contributed by atoms with van der Waals surface area (Å²) in [5, 5.41) is 3.83. The van der Waals surface area contributed by atoms with E-state index in [4.69, 9.17) is 15.0 Å². The summed E-state index contributed by atoms with van der Waals surface area (Å²) < 4.78 is 10.7. The van der Waals surface area contributed by atoms with Crippen LogP contribution in [0, 0.1) is 0 Å². The summed E-state index contributed by atoms with van der Waals surface area (Å²) in [7, 11) is 0. The van der Waals surface area contributed by atoms with Gasteiger partial charge in [-0.3, -0.25) is 0 Å². The molecule has 1 aromatic carbocycles. The molecule has 0 unspecified atom stereocenters. The van der Waals surface area contributed by atoms with E-state index in [-0.39, 0.29) is 12.6 Å². The quantitative estimate of drug-likeness (QED) is 0.877. The van der Waals surface area contributed by atoms with Gasteiger partial charge in [0.25, 0.3) is 0 Å². The van der Waals surface area contributed by atoms with Crippen molar-refractivity contribution in [3.05, 3.63) is 41.5 Å². The maximum Gasteiger partial charge on any atom is 0.226 e. The molecule has 18 heavy (non-hydrogen) atoms. The van der Waals surface area contributed by atoms with E-state index in [1.54, 1.807) is 0 Å². The standard InChI is InChI=1S/C13H17N3O2/c1-3-13-15-12(16-18-13)8-17-11-7-5-4-6-10(11)9(2)14/h4-7,9H,3,8,14H2,1-2H3/t9-/m0/s1. The molecule has 0 fully saturated rings. The van der Waals surface area contributed by atoms with Gasteiger partial charge in [0.1, 0.15) is 5.75 Å². The Morgan fingerprint density at radius 2 is 2.17 bits per heavy atom. The third-order valence-electron chi connectivity index (χ3n) is 2.58. The van der Waals surface area contributed by atoms with E-state index in [0.29, 0.717) is 11.7 Å². The molecule has 1 atom stereocenters. The summed E-state index contributed by atoms with van der Waals surface area (Å²) in [6.45, 7) is 4.17. The molecular formula is C13H17N3O2. The minimum atomic E-state index is -0.0716. The molecular weight excluding hydrogens is 230 g/mol. The van der Waals surface area contributed by atoms with Crippen molar-refractivity contribution < 1.29 is 9.26 Å². The molecule has 2 aromatic rings. The highest BCUT2D eigenvalue weighted by molar-refractivity contribution is 5.35. The second kappa shape index (κ2) is 5.64. The van der Waals surface area contributed by atoms with Crippen LogP contribution in [0.4, 0.5) is 0 Å². The van der Waals surface area contributed by atoms with Crippen molar-refractivity contribution in [2.24, 2.45) is 5.73 Å². The van der Waals surface area contributed by atoms with Gasteiger partial charge in [0.15, 0.2) is 6.61 Å². The van der Waals surface area contributed by atoms with Gasteiger partial charge in [0, 0.05) is 18.0 Å². The number of hydrogen-bond acceptors (Lipinski definition) is 5. The highest BCUT2D eigenvalue weighted by atomic mass is 16.5. The first-order valence-corrected chi connectivity index (χ1v) is 5.99. The molecule has 0 spiro atoms. The van der Waals surface area contributed by atoms with Crippen molar-refractivity contribution in [2.45, 2.75) is 32.9 Å². The van der Waals surface area contributed by atoms with Crippen LogP contribution in [0.5, 0.6) is 5.75 Å². The molecule has 0 aliphatic heterocycles. The topological polar surface area (TPSA) is 74.2 Å². The molecule has 5 nitrogen and oxygen atoms in total. The molecule has 0 aliphatic carbocycles. The Bertz CT molecular complexity index is 508. The molecule has 0 saturated heterocycles. The second-order valence-corrected chi connectivity index (χ2v) is 4.07. The van der Waals surface area contributed by atoms with Crippen molar-refractivity contribution in [1.82, 2.24) is 10.1 Å². The third kappa shape index (κ3) is 2.87. The van der Waals surface area contributed by atoms with Crippen LogP contribution in [-0.4, -0.2) is 10.1 Å². The smallest absolute Gasteiger partial charge is 0.226 e. The number of hydrogen-bond donors (Lipinski definition) is 1. The van der Waals surface area contributed by atoms with Gasteiger partial charge in [0.05, 0.1) is 0 Å². The van der Waals surface area contributed by atoms with E-state index in [1.165, 1.54) is 0 Å². The number of nitrogens with two attached hydrogens (primary N) is 1. The van der Waals surface area contributed by atoms with Crippen LogP contribution in [-0.2, 0) is 13.0 Å². The first-order chi connectivity index (χ1) is 8.70. The lowest BCUT2D eigenvalue weighted by atomic mass is 10.1. The van der Waals surface area contributed by atoms with Gasteiger partial charge in [-0.1, -0.05) is 30.3 Å². The predicted molar refractivity (Wildman–Crippen MR) is 67.1 cm³/mol. The Hall–Kier alpha value is -1.88. The van der Waals surface area contributed by atoms with E-state index >= 15 is 0 Å². The monoisotopic (exact) mass is 247 g/mol. The maximum atomic E-state index is 5.88. The minimum absolute atomic E-state index is 0.0716. The van der Waals surface area contributed by atoms with Crippen LogP contribution < -0.4 is 10.5 Å². The summed E-state index contributed by atoms with van der Waals surface area (Å²) in [4.78, 5) is 4.18. The normalized spacial score (nSPS) is 12.4. The summed E-state index contributed by atoms with van der Waals surface area (Å²) >= 11 is 0. The fourth-order valence-corrected chi connectivity index (χ4v) is 1.62. The SMILES string of the molecule is CCc1nc(COc2ccccc2[C@H](C)N)no1. The Kier molecular flexibility index (Phi) is 3.94. The van der Waals surface area contributed by atoms with E-state index in [9.17, 15) is 0 Å². The molecule has 1 aromatic heterocycles. The first-order valence-electron chi connectivity index (χ1n) is 5.99. The zero-order valence-corrected chi connectivity index (χ0v) is 10.6. The van der Waals surface area contributed by atoms with Crippen molar-refractivity contribution in [3.8, 4) is 5.75 Å². The lowest BCUT2D eigenvalue weighted by molar-refractivity contribution is 0.281. The van der Waals surface area contributed by atoms with Crippen LogP contribution >= 0.6 is 0 Å². The molecule has 0 saturated carbocycles. The lowest BCUT2D eigenvalue weighted by Gasteiger charge is -2.12. The number of aryl methyl sites for hydroxylation is 1. The molecule has 0 amide bonds. The second-order valence-electron chi connectivity index (χ2n) is 4.07. The molecule has 5 heteroatoms. The maximum absolute atomic E-state index is 5.88. The summed E-state index contributed by atoms with van der Waals surface area (Å²) in [5.74, 6) is 1.93. The van der Waals surface area contributed by atoms with Crippen molar-refractivity contribution in [2.75, 3.05) is 0 Å². The van der Waals surface area contributed by atoms with Crippen molar-refractivity contribution >= 4 is 0 Å². The number of ether oxygens (including phenoxy) is 1. The van der Waals surface area contributed by atoms with E-state index < -0.39 is 0 Å². The van der Waals surface area contributed by atoms with Crippen LogP contribution in [0.1, 0.15) is 37.2 Å². The van der Waals surface area contributed by atoms with Crippen LogP contribution in [0.15, 0.2) is 28.8 Å². The molecule has 96 valence electrons.